The molecule has 1 aromatic heterocycles. The Hall–Kier alpha value is -1.41. The summed E-state index contributed by atoms with van der Waals surface area (Å²) in [5.41, 5.74) is 1.50. The number of hydrogen-bond acceptors (Lipinski definition) is 1. The van der Waals surface area contributed by atoms with Crippen molar-refractivity contribution in [3.8, 4) is 0 Å². The van der Waals surface area contributed by atoms with Crippen LogP contribution in [-0.2, 0) is 11.7 Å². The molecule has 0 saturated heterocycles. The third-order valence-electron chi connectivity index (χ3n) is 1.80. The first-order chi connectivity index (χ1) is 5.90. The minimum Gasteiger partial charge on any atom is -0.250 e. The van der Waals surface area contributed by atoms with Gasteiger partial charge >= 0.3 is 0 Å². The first-order valence-electron chi connectivity index (χ1n) is 3.83. The molecule has 1 aromatic carbocycles. The monoisotopic (exact) mass is 158 g/mol. The van der Waals surface area contributed by atoms with E-state index in [0.29, 0.717) is 5.69 Å². The van der Waals surface area contributed by atoms with Gasteiger partial charge in [0.05, 0.1) is 11.2 Å². The second-order valence-corrected chi connectivity index (χ2v) is 2.64. The number of benzene rings is 1. The van der Waals surface area contributed by atoms with Crippen LogP contribution in [0, 0.1) is 0 Å². The Balaban J connectivity index is 2.67. The van der Waals surface area contributed by atoms with Crippen LogP contribution >= 0.6 is 0 Å². The predicted molar refractivity (Wildman–Crippen MR) is 46.1 cm³/mol. The molecule has 0 aliphatic rings. The van der Waals surface area contributed by atoms with E-state index < -0.39 is 0 Å². The lowest BCUT2D eigenvalue weighted by atomic mass is 10.2. The molecule has 0 amide bonds. The van der Waals surface area contributed by atoms with Crippen molar-refractivity contribution in [2.75, 3.05) is 0 Å². The molecule has 0 saturated carbocycles. The maximum Gasteiger partial charge on any atom is 0.124 e. The van der Waals surface area contributed by atoms with E-state index in [-0.39, 0.29) is 6.61 Å². The molecule has 0 spiro atoms. The van der Waals surface area contributed by atoms with Gasteiger partial charge in [-0.1, -0.05) is 24.3 Å². The smallest absolute Gasteiger partial charge is 0.124 e. The average Bonchev–Trinajstić information content (AvgIpc) is 2.17. The zero-order valence-electron chi connectivity index (χ0n) is 6.53. The SMILES string of the molecule is [O]Cc1ccc2ccccc2n1. The molecule has 12 heavy (non-hydrogen) atoms. The van der Waals surface area contributed by atoms with Crippen molar-refractivity contribution < 1.29 is 5.11 Å². The van der Waals surface area contributed by atoms with Gasteiger partial charge in [0.15, 0.2) is 0 Å². The summed E-state index contributed by atoms with van der Waals surface area (Å²) in [5.74, 6) is 0. The fourth-order valence-corrected chi connectivity index (χ4v) is 1.19. The standard InChI is InChI=1S/C10H8NO/c12-7-9-6-5-8-3-1-2-4-10(8)11-9/h1-6H,7H2. The molecule has 1 radical (unpaired) electrons. The van der Waals surface area contributed by atoms with Gasteiger partial charge in [-0.05, 0) is 12.1 Å². The van der Waals surface area contributed by atoms with Crippen LogP contribution in [0.15, 0.2) is 36.4 Å². The van der Waals surface area contributed by atoms with E-state index in [1.165, 1.54) is 0 Å². The molecular weight excluding hydrogens is 150 g/mol. The van der Waals surface area contributed by atoms with Crippen molar-refractivity contribution in [1.29, 1.82) is 0 Å². The normalized spacial score (nSPS) is 10.4. The Bertz CT molecular complexity index is 398. The van der Waals surface area contributed by atoms with E-state index in [4.69, 9.17) is 0 Å². The van der Waals surface area contributed by atoms with E-state index >= 15 is 0 Å². The van der Waals surface area contributed by atoms with E-state index in [2.05, 4.69) is 4.98 Å². The van der Waals surface area contributed by atoms with E-state index in [1.54, 1.807) is 6.07 Å². The highest BCUT2D eigenvalue weighted by Crippen LogP contribution is 2.11. The molecule has 2 heteroatoms. The van der Waals surface area contributed by atoms with Gasteiger partial charge in [0, 0.05) is 5.39 Å². The maximum absolute atomic E-state index is 10.5. The van der Waals surface area contributed by atoms with Crippen molar-refractivity contribution in [2.24, 2.45) is 0 Å². The molecule has 2 rings (SSSR count). The van der Waals surface area contributed by atoms with E-state index in [9.17, 15) is 5.11 Å². The van der Waals surface area contributed by atoms with Crippen molar-refractivity contribution in [2.45, 2.75) is 6.61 Å². The Morgan fingerprint density at radius 2 is 1.92 bits per heavy atom. The van der Waals surface area contributed by atoms with Crippen molar-refractivity contribution in [3.05, 3.63) is 42.1 Å². The minimum atomic E-state index is -0.245. The summed E-state index contributed by atoms with van der Waals surface area (Å²) in [7, 11) is 0. The van der Waals surface area contributed by atoms with Crippen LogP contribution in [0.25, 0.3) is 10.9 Å². The molecule has 0 aliphatic carbocycles. The third-order valence-corrected chi connectivity index (χ3v) is 1.80. The molecule has 0 bridgehead atoms. The topological polar surface area (TPSA) is 32.8 Å². The predicted octanol–water partition coefficient (Wildman–Crippen LogP) is 2.17. The number of fused-ring (bicyclic) bond motifs is 1. The van der Waals surface area contributed by atoms with Gasteiger partial charge in [0.2, 0.25) is 0 Å². The highest BCUT2D eigenvalue weighted by atomic mass is 16.3. The lowest BCUT2D eigenvalue weighted by molar-refractivity contribution is 0.174. The number of rotatable bonds is 1. The first-order valence-corrected chi connectivity index (χ1v) is 3.83. The summed E-state index contributed by atoms with van der Waals surface area (Å²) in [4.78, 5) is 4.18. The Morgan fingerprint density at radius 1 is 1.08 bits per heavy atom. The molecule has 59 valence electrons. The second kappa shape index (κ2) is 2.91. The highest BCUT2D eigenvalue weighted by molar-refractivity contribution is 5.78. The second-order valence-electron chi connectivity index (χ2n) is 2.64. The summed E-state index contributed by atoms with van der Waals surface area (Å²) in [6.45, 7) is -0.245. The number of para-hydroxylation sites is 1. The van der Waals surface area contributed by atoms with Gasteiger partial charge in [-0.2, -0.15) is 0 Å². The molecule has 0 N–H and O–H groups in total. The lowest BCUT2D eigenvalue weighted by Crippen LogP contribution is -1.87. The highest BCUT2D eigenvalue weighted by Gasteiger charge is 1.95. The van der Waals surface area contributed by atoms with Gasteiger partial charge in [-0.15, -0.1) is 0 Å². The van der Waals surface area contributed by atoms with Crippen LogP contribution in [0.3, 0.4) is 0 Å². The van der Waals surface area contributed by atoms with Crippen molar-refractivity contribution in [1.82, 2.24) is 4.98 Å². The summed E-state index contributed by atoms with van der Waals surface area (Å²) in [6.07, 6.45) is 0. The molecule has 2 nitrogen and oxygen atoms in total. The fraction of sp³-hybridized carbons (Fsp3) is 0.100. The molecule has 2 aromatic rings. The summed E-state index contributed by atoms with van der Waals surface area (Å²) in [5, 5.41) is 11.6. The van der Waals surface area contributed by atoms with E-state index in [1.807, 2.05) is 30.3 Å². The van der Waals surface area contributed by atoms with Crippen LogP contribution < -0.4 is 0 Å². The summed E-state index contributed by atoms with van der Waals surface area (Å²) < 4.78 is 0. The number of nitrogens with zero attached hydrogens (tertiary/aromatic N) is 1. The number of hydrogen-bond donors (Lipinski definition) is 0. The molecule has 0 aliphatic heterocycles. The zero-order valence-corrected chi connectivity index (χ0v) is 6.53. The number of pyridine rings is 1. The Morgan fingerprint density at radius 3 is 2.75 bits per heavy atom. The van der Waals surface area contributed by atoms with Crippen LogP contribution in [-0.4, -0.2) is 4.98 Å². The fourth-order valence-electron chi connectivity index (χ4n) is 1.19. The van der Waals surface area contributed by atoms with Crippen LogP contribution in [0.4, 0.5) is 0 Å². The first kappa shape index (κ1) is 7.25. The molecule has 0 atom stereocenters. The van der Waals surface area contributed by atoms with Crippen LogP contribution in [0.5, 0.6) is 0 Å². The summed E-state index contributed by atoms with van der Waals surface area (Å²) >= 11 is 0. The zero-order chi connectivity index (χ0) is 8.39. The largest absolute Gasteiger partial charge is 0.250 e. The van der Waals surface area contributed by atoms with Gasteiger partial charge in [-0.3, -0.25) is 4.98 Å². The summed E-state index contributed by atoms with van der Waals surface area (Å²) in [6, 6.07) is 11.5. The van der Waals surface area contributed by atoms with Gasteiger partial charge < -0.3 is 0 Å². The number of aromatic nitrogens is 1. The van der Waals surface area contributed by atoms with Crippen LogP contribution in [0.1, 0.15) is 5.69 Å². The van der Waals surface area contributed by atoms with Gasteiger partial charge in [-0.25, -0.2) is 5.11 Å². The van der Waals surface area contributed by atoms with E-state index in [0.717, 1.165) is 10.9 Å². The maximum atomic E-state index is 10.5. The van der Waals surface area contributed by atoms with Gasteiger partial charge in [0.25, 0.3) is 0 Å². The quantitative estimate of drug-likeness (QED) is 0.626. The van der Waals surface area contributed by atoms with Crippen molar-refractivity contribution >= 4 is 10.9 Å². The minimum absolute atomic E-state index is 0.245. The average molecular weight is 158 g/mol. The lowest BCUT2D eigenvalue weighted by Gasteiger charge is -1.97. The van der Waals surface area contributed by atoms with Crippen molar-refractivity contribution in [3.63, 3.8) is 0 Å². The molecular formula is C10H8NO. The Labute approximate surface area is 70.5 Å². The molecule has 0 fully saturated rings. The molecule has 1 heterocycles. The van der Waals surface area contributed by atoms with Crippen LogP contribution in [0.2, 0.25) is 0 Å². The molecule has 0 unspecified atom stereocenters. The third kappa shape index (κ3) is 1.17. The Kier molecular flexibility index (Phi) is 1.76. The van der Waals surface area contributed by atoms with Gasteiger partial charge in [0.1, 0.15) is 6.61 Å².